The lowest BCUT2D eigenvalue weighted by Crippen LogP contribution is -2.11. The molecule has 1 amide bonds. The number of hydrogen-bond acceptors (Lipinski definition) is 3. The molecule has 0 spiro atoms. The van der Waals surface area contributed by atoms with Crippen LogP contribution < -0.4 is 5.32 Å². The molecule has 0 unspecified atom stereocenters. The third-order valence-corrected chi connectivity index (χ3v) is 4.43. The van der Waals surface area contributed by atoms with E-state index in [2.05, 4.69) is 5.32 Å². The van der Waals surface area contributed by atoms with Gasteiger partial charge in [-0.2, -0.15) is 0 Å². The average molecular weight is 371 g/mol. The molecule has 0 saturated carbocycles. The number of amides is 1. The molecule has 0 radical (unpaired) electrons. The largest absolute Gasteiger partial charge is 0.481 e. The highest BCUT2D eigenvalue weighted by molar-refractivity contribution is 6.03. The third-order valence-electron chi connectivity index (χ3n) is 4.43. The maximum absolute atomic E-state index is 12.5. The number of rotatable bonds is 5. The topological polar surface area (TPSA) is 79.5 Å². The number of carboxylic acid groups (broad SMARTS) is 1. The summed E-state index contributed by atoms with van der Waals surface area (Å²) in [5.74, 6) is -0.513. The second-order valence-corrected chi connectivity index (χ2v) is 6.42. The van der Waals surface area contributed by atoms with Crippen LogP contribution in [-0.2, 0) is 11.2 Å². The summed E-state index contributed by atoms with van der Waals surface area (Å²) in [5, 5.41) is 13.8. The van der Waals surface area contributed by atoms with Crippen LogP contribution in [0, 0.1) is 0 Å². The number of anilines is 1. The van der Waals surface area contributed by atoms with Crippen molar-refractivity contribution in [2.75, 3.05) is 5.32 Å². The van der Waals surface area contributed by atoms with Crippen molar-refractivity contribution in [1.29, 1.82) is 0 Å². The molecule has 0 atom stereocenters. The molecule has 1 aromatic heterocycles. The van der Waals surface area contributed by atoms with E-state index >= 15 is 0 Å². The Morgan fingerprint density at radius 3 is 2.54 bits per heavy atom. The summed E-state index contributed by atoms with van der Waals surface area (Å²) < 4.78 is 5.80. The zero-order chi connectivity index (χ0) is 19.5. The minimum atomic E-state index is -0.922. The molecule has 0 bridgehead atoms. The Morgan fingerprint density at radius 1 is 0.893 bits per heavy atom. The summed E-state index contributed by atoms with van der Waals surface area (Å²) in [5.41, 5.74) is 2.05. The number of fused-ring (bicyclic) bond motifs is 1. The first-order valence-electron chi connectivity index (χ1n) is 8.80. The van der Waals surface area contributed by atoms with Crippen LogP contribution in [0.15, 0.2) is 83.3 Å². The van der Waals surface area contributed by atoms with Crippen LogP contribution in [0.25, 0.3) is 22.1 Å². The molecule has 0 saturated heterocycles. The van der Waals surface area contributed by atoms with E-state index in [9.17, 15) is 9.59 Å². The Kier molecular flexibility index (Phi) is 4.64. The van der Waals surface area contributed by atoms with Gasteiger partial charge in [-0.25, -0.2) is 0 Å². The molecule has 4 rings (SSSR count). The van der Waals surface area contributed by atoms with Gasteiger partial charge in [-0.15, -0.1) is 0 Å². The first kappa shape index (κ1) is 17.5. The average Bonchev–Trinajstić information content (AvgIpc) is 3.17. The first-order valence-corrected chi connectivity index (χ1v) is 8.80. The van der Waals surface area contributed by atoms with Crippen LogP contribution >= 0.6 is 0 Å². The van der Waals surface area contributed by atoms with Crippen molar-refractivity contribution in [1.82, 2.24) is 0 Å². The van der Waals surface area contributed by atoms with E-state index in [1.165, 1.54) is 0 Å². The molecule has 0 fully saturated rings. The fourth-order valence-corrected chi connectivity index (χ4v) is 3.17. The first-order chi connectivity index (χ1) is 13.6. The lowest BCUT2D eigenvalue weighted by atomic mass is 10.0. The fraction of sp³-hybridized carbons (Fsp3) is 0.0435. The Balaban J connectivity index is 1.57. The Bertz CT molecular complexity index is 1170. The number of furan rings is 1. The fourth-order valence-electron chi connectivity index (χ4n) is 3.17. The quantitative estimate of drug-likeness (QED) is 0.519. The van der Waals surface area contributed by atoms with Crippen LogP contribution in [0.5, 0.6) is 0 Å². The van der Waals surface area contributed by atoms with E-state index < -0.39 is 5.97 Å². The summed E-state index contributed by atoms with van der Waals surface area (Å²) in [6.45, 7) is 0. The molecule has 0 aliphatic carbocycles. The van der Waals surface area contributed by atoms with Crippen LogP contribution in [-0.4, -0.2) is 17.0 Å². The van der Waals surface area contributed by atoms with Crippen LogP contribution in [0.4, 0.5) is 5.69 Å². The highest BCUT2D eigenvalue weighted by Crippen LogP contribution is 2.30. The SMILES string of the molecule is O=C(O)Cc1cccc(NC(=O)c2ccc(-c3cccc4ccccc34)o2)c1. The summed E-state index contributed by atoms with van der Waals surface area (Å²) in [6, 6.07) is 24.1. The Labute approximate surface area is 161 Å². The summed E-state index contributed by atoms with van der Waals surface area (Å²) in [7, 11) is 0. The lowest BCUT2D eigenvalue weighted by Gasteiger charge is -2.06. The minimum Gasteiger partial charge on any atom is -0.481 e. The summed E-state index contributed by atoms with van der Waals surface area (Å²) >= 11 is 0. The van der Waals surface area contributed by atoms with Gasteiger partial charge < -0.3 is 14.8 Å². The number of carboxylic acids is 1. The van der Waals surface area contributed by atoms with E-state index in [1.807, 2.05) is 42.5 Å². The van der Waals surface area contributed by atoms with Crippen LogP contribution in [0.1, 0.15) is 16.1 Å². The van der Waals surface area contributed by atoms with E-state index in [0.29, 0.717) is 17.0 Å². The molecule has 4 aromatic rings. The molecule has 0 aliphatic rings. The van der Waals surface area contributed by atoms with Gasteiger partial charge in [0, 0.05) is 11.3 Å². The molecule has 0 aliphatic heterocycles. The molecule has 5 nitrogen and oxygen atoms in total. The predicted octanol–water partition coefficient (Wildman–Crippen LogP) is 4.98. The van der Waals surface area contributed by atoms with Gasteiger partial charge in [0.05, 0.1) is 6.42 Å². The van der Waals surface area contributed by atoms with Gasteiger partial charge in [-0.05, 0) is 40.6 Å². The van der Waals surface area contributed by atoms with Crippen molar-refractivity contribution in [2.24, 2.45) is 0 Å². The second kappa shape index (κ2) is 7.40. The predicted molar refractivity (Wildman–Crippen MR) is 107 cm³/mol. The monoisotopic (exact) mass is 371 g/mol. The van der Waals surface area contributed by atoms with Crippen molar-refractivity contribution in [3.63, 3.8) is 0 Å². The van der Waals surface area contributed by atoms with Gasteiger partial charge >= 0.3 is 5.97 Å². The van der Waals surface area contributed by atoms with Gasteiger partial charge in [-0.3, -0.25) is 9.59 Å². The zero-order valence-corrected chi connectivity index (χ0v) is 14.9. The van der Waals surface area contributed by atoms with Gasteiger partial charge in [0.2, 0.25) is 0 Å². The second-order valence-electron chi connectivity index (χ2n) is 6.42. The standard InChI is InChI=1S/C23H17NO4/c25-22(26)14-15-5-3-8-17(13-15)24-23(27)21-12-11-20(28-21)19-10-4-7-16-6-1-2-9-18(16)19/h1-13H,14H2,(H,24,27)(H,25,26). The van der Waals surface area contributed by atoms with Gasteiger partial charge in [0.15, 0.2) is 5.76 Å². The Morgan fingerprint density at radius 2 is 1.68 bits per heavy atom. The smallest absolute Gasteiger partial charge is 0.307 e. The lowest BCUT2D eigenvalue weighted by molar-refractivity contribution is -0.136. The molecule has 28 heavy (non-hydrogen) atoms. The highest BCUT2D eigenvalue weighted by Gasteiger charge is 2.14. The maximum atomic E-state index is 12.5. The summed E-state index contributed by atoms with van der Waals surface area (Å²) in [6.07, 6.45) is -0.101. The van der Waals surface area contributed by atoms with Crippen LogP contribution in [0.3, 0.4) is 0 Å². The number of carbonyl (C=O) groups excluding carboxylic acids is 1. The van der Waals surface area contributed by atoms with E-state index in [-0.39, 0.29) is 18.1 Å². The maximum Gasteiger partial charge on any atom is 0.307 e. The molecular formula is C23H17NO4. The summed E-state index contributed by atoms with van der Waals surface area (Å²) in [4.78, 5) is 23.4. The molecule has 2 N–H and O–H groups in total. The van der Waals surface area contributed by atoms with E-state index in [1.54, 1.807) is 36.4 Å². The molecule has 138 valence electrons. The van der Waals surface area contributed by atoms with Gasteiger partial charge in [-0.1, -0.05) is 54.6 Å². The Hall–Kier alpha value is -3.86. The molecule has 3 aromatic carbocycles. The number of hydrogen-bond donors (Lipinski definition) is 2. The number of nitrogens with one attached hydrogen (secondary N) is 1. The van der Waals surface area contributed by atoms with Crippen molar-refractivity contribution in [3.8, 4) is 11.3 Å². The van der Waals surface area contributed by atoms with Gasteiger partial charge in [0.1, 0.15) is 5.76 Å². The number of benzene rings is 3. The third kappa shape index (κ3) is 3.64. The minimum absolute atomic E-state index is 0.101. The normalized spacial score (nSPS) is 10.7. The molecule has 1 heterocycles. The zero-order valence-electron chi connectivity index (χ0n) is 14.9. The van der Waals surface area contributed by atoms with Crippen molar-refractivity contribution in [2.45, 2.75) is 6.42 Å². The van der Waals surface area contributed by atoms with E-state index in [4.69, 9.17) is 9.52 Å². The van der Waals surface area contributed by atoms with Crippen molar-refractivity contribution >= 4 is 28.3 Å². The van der Waals surface area contributed by atoms with Gasteiger partial charge in [0.25, 0.3) is 5.91 Å². The number of carbonyl (C=O) groups is 2. The highest BCUT2D eigenvalue weighted by atomic mass is 16.4. The van der Waals surface area contributed by atoms with Crippen molar-refractivity contribution in [3.05, 3.63) is 90.2 Å². The molecular weight excluding hydrogens is 354 g/mol. The van der Waals surface area contributed by atoms with E-state index in [0.717, 1.165) is 16.3 Å². The van der Waals surface area contributed by atoms with Crippen LogP contribution in [0.2, 0.25) is 0 Å². The van der Waals surface area contributed by atoms with Crippen molar-refractivity contribution < 1.29 is 19.1 Å². The molecule has 5 heteroatoms. The number of aliphatic carboxylic acids is 1.